The van der Waals surface area contributed by atoms with Crippen LogP contribution in [0.25, 0.3) is 28.0 Å². The van der Waals surface area contributed by atoms with Gasteiger partial charge >= 0.3 is 0 Å². The Morgan fingerprint density at radius 3 is 2.53 bits per heavy atom. The van der Waals surface area contributed by atoms with Crippen molar-refractivity contribution in [1.29, 1.82) is 0 Å². The predicted octanol–water partition coefficient (Wildman–Crippen LogP) is 4.55. The number of nitrogens with one attached hydrogen (secondary N) is 1. The molecule has 0 saturated carbocycles. The van der Waals surface area contributed by atoms with Gasteiger partial charge in [0.1, 0.15) is 5.52 Å². The largest absolute Gasteiger partial charge is 0.463 e. The number of fused-ring (bicyclic) bond motifs is 1. The van der Waals surface area contributed by atoms with E-state index in [2.05, 4.69) is 37.4 Å². The molecular weight excluding hydrogens is 428 g/mol. The van der Waals surface area contributed by atoms with Gasteiger partial charge in [0.25, 0.3) is 5.56 Å². The molecule has 5 rings (SSSR count). The molecule has 0 amide bonds. The molecule has 3 aromatic heterocycles. The summed E-state index contributed by atoms with van der Waals surface area (Å²) in [7, 11) is 4.07. The van der Waals surface area contributed by atoms with Crippen LogP contribution in [0.1, 0.15) is 11.1 Å². The molecule has 0 aliphatic heterocycles. The summed E-state index contributed by atoms with van der Waals surface area (Å²) in [5.41, 5.74) is 4.28. The van der Waals surface area contributed by atoms with Crippen LogP contribution >= 0.6 is 0 Å². The highest BCUT2D eigenvalue weighted by Crippen LogP contribution is 2.26. The standard InChI is InChI=1S/C26H24N6O2/c1-17-7-4-5-8-21(17)32-25(33)20-15-27-26(28-19-12-10-18(11-13-19)16-31(2)3)29-23(20)24(30-32)22-9-6-14-34-22/h4-15H,16H2,1-3H3,(H,27,28,29). The first-order valence-corrected chi connectivity index (χ1v) is 10.9. The Kier molecular flexibility index (Phi) is 5.65. The molecule has 0 fully saturated rings. The maximum Gasteiger partial charge on any atom is 0.282 e. The van der Waals surface area contributed by atoms with E-state index in [1.165, 1.54) is 16.4 Å². The molecule has 0 spiro atoms. The zero-order chi connectivity index (χ0) is 23.7. The van der Waals surface area contributed by atoms with Crippen LogP contribution in [-0.2, 0) is 6.54 Å². The number of rotatable bonds is 6. The number of anilines is 2. The maximum atomic E-state index is 13.4. The van der Waals surface area contributed by atoms with E-state index >= 15 is 0 Å². The number of hydrogen-bond donors (Lipinski definition) is 1. The molecule has 2 aromatic carbocycles. The second-order valence-corrected chi connectivity index (χ2v) is 8.34. The van der Waals surface area contributed by atoms with Crippen LogP contribution in [0.3, 0.4) is 0 Å². The highest BCUT2D eigenvalue weighted by molar-refractivity contribution is 5.89. The van der Waals surface area contributed by atoms with Gasteiger partial charge in [-0.15, -0.1) is 0 Å². The highest BCUT2D eigenvalue weighted by atomic mass is 16.3. The van der Waals surface area contributed by atoms with Gasteiger partial charge in [0, 0.05) is 18.4 Å². The molecule has 0 radical (unpaired) electrons. The average Bonchev–Trinajstić information content (AvgIpc) is 3.36. The summed E-state index contributed by atoms with van der Waals surface area (Å²) in [6.45, 7) is 2.80. The van der Waals surface area contributed by atoms with Crippen molar-refractivity contribution in [3.63, 3.8) is 0 Å². The van der Waals surface area contributed by atoms with E-state index in [0.717, 1.165) is 17.8 Å². The van der Waals surface area contributed by atoms with E-state index in [1.807, 2.05) is 57.4 Å². The zero-order valence-corrected chi connectivity index (χ0v) is 19.2. The number of furan rings is 1. The van der Waals surface area contributed by atoms with Gasteiger partial charge in [-0.2, -0.15) is 9.78 Å². The Balaban J connectivity index is 1.60. The van der Waals surface area contributed by atoms with Crippen molar-refractivity contribution in [3.05, 3.63) is 94.6 Å². The van der Waals surface area contributed by atoms with Crippen LogP contribution < -0.4 is 10.9 Å². The van der Waals surface area contributed by atoms with Crippen LogP contribution in [0.15, 0.2) is 82.3 Å². The molecule has 0 saturated heterocycles. The molecule has 0 aliphatic rings. The summed E-state index contributed by atoms with van der Waals surface area (Å²) in [4.78, 5) is 24.5. The van der Waals surface area contributed by atoms with Gasteiger partial charge in [0.15, 0.2) is 11.5 Å². The maximum absolute atomic E-state index is 13.4. The summed E-state index contributed by atoms with van der Waals surface area (Å²) < 4.78 is 7.01. The third kappa shape index (κ3) is 4.18. The lowest BCUT2D eigenvalue weighted by Gasteiger charge is -2.13. The topological polar surface area (TPSA) is 89.1 Å². The fraction of sp³-hybridized carbons (Fsp3) is 0.154. The predicted molar refractivity (Wildman–Crippen MR) is 132 cm³/mol. The van der Waals surface area contributed by atoms with E-state index in [0.29, 0.717) is 34.0 Å². The molecule has 8 heteroatoms. The SMILES string of the molecule is Cc1ccccc1-n1nc(-c2ccco2)c2nc(Nc3ccc(CN(C)C)cc3)ncc2c1=O. The first-order chi connectivity index (χ1) is 16.5. The van der Waals surface area contributed by atoms with Crippen molar-refractivity contribution >= 4 is 22.5 Å². The van der Waals surface area contributed by atoms with Crippen molar-refractivity contribution in [2.45, 2.75) is 13.5 Å². The number of benzene rings is 2. The van der Waals surface area contributed by atoms with Gasteiger partial charge in [-0.1, -0.05) is 30.3 Å². The molecule has 0 bridgehead atoms. The quantitative estimate of drug-likeness (QED) is 0.404. The second-order valence-electron chi connectivity index (χ2n) is 8.34. The molecule has 5 aromatic rings. The van der Waals surface area contributed by atoms with Crippen molar-refractivity contribution in [2.75, 3.05) is 19.4 Å². The van der Waals surface area contributed by atoms with Gasteiger partial charge in [-0.05, 0) is 62.5 Å². The van der Waals surface area contributed by atoms with Crippen molar-refractivity contribution < 1.29 is 4.42 Å². The van der Waals surface area contributed by atoms with E-state index < -0.39 is 0 Å². The molecule has 0 unspecified atom stereocenters. The minimum absolute atomic E-state index is 0.292. The van der Waals surface area contributed by atoms with E-state index in [-0.39, 0.29) is 5.56 Å². The Hall–Kier alpha value is -4.30. The third-order valence-corrected chi connectivity index (χ3v) is 5.44. The number of nitrogens with zero attached hydrogens (tertiary/aromatic N) is 5. The lowest BCUT2D eigenvalue weighted by atomic mass is 10.2. The fourth-order valence-corrected chi connectivity index (χ4v) is 3.82. The van der Waals surface area contributed by atoms with Gasteiger partial charge in [-0.25, -0.2) is 9.97 Å². The second kappa shape index (κ2) is 8.92. The average molecular weight is 453 g/mol. The summed E-state index contributed by atoms with van der Waals surface area (Å²) >= 11 is 0. The molecule has 0 atom stereocenters. The van der Waals surface area contributed by atoms with Crippen molar-refractivity contribution in [2.24, 2.45) is 0 Å². The Morgan fingerprint density at radius 2 is 1.82 bits per heavy atom. The molecule has 8 nitrogen and oxygen atoms in total. The Bertz CT molecular complexity index is 1510. The first kappa shape index (κ1) is 21.5. The van der Waals surface area contributed by atoms with Gasteiger partial charge in [0.05, 0.1) is 17.3 Å². The van der Waals surface area contributed by atoms with Crippen LogP contribution in [0.4, 0.5) is 11.6 Å². The third-order valence-electron chi connectivity index (χ3n) is 5.44. The minimum Gasteiger partial charge on any atom is -0.463 e. The van der Waals surface area contributed by atoms with Crippen LogP contribution in [-0.4, -0.2) is 38.7 Å². The van der Waals surface area contributed by atoms with Gasteiger partial charge in [0.2, 0.25) is 5.95 Å². The summed E-state index contributed by atoms with van der Waals surface area (Å²) in [6, 6.07) is 19.2. The monoisotopic (exact) mass is 452 g/mol. The lowest BCUT2D eigenvalue weighted by Crippen LogP contribution is -2.23. The Morgan fingerprint density at radius 1 is 1.03 bits per heavy atom. The van der Waals surface area contributed by atoms with E-state index in [1.54, 1.807) is 18.4 Å². The fourth-order valence-electron chi connectivity index (χ4n) is 3.82. The summed E-state index contributed by atoms with van der Waals surface area (Å²) in [5.74, 6) is 0.889. The Labute approximate surface area is 196 Å². The van der Waals surface area contributed by atoms with Crippen LogP contribution in [0.2, 0.25) is 0 Å². The number of hydrogen-bond acceptors (Lipinski definition) is 7. The van der Waals surface area contributed by atoms with Gasteiger partial charge in [-0.3, -0.25) is 4.79 Å². The number of aromatic nitrogens is 4. The van der Waals surface area contributed by atoms with Crippen molar-refractivity contribution in [3.8, 4) is 17.1 Å². The molecule has 0 aliphatic carbocycles. The smallest absolute Gasteiger partial charge is 0.282 e. The van der Waals surface area contributed by atoms with Gasteiger partial charge < -0.3 is 14.6 Å². The molecular formula is C26H24N6O2. The number of aryl methyl sites for hydroxylation is 1. The number of para-hydroxylation sites is 1. The molecule has 34 heavy (non-hydrogen) atoms. The van der Waals surface area contributed by atoms with Crippen molar-refractivity contribution in [1.82, 2.24) is 24.6 Å². The zero-order valence-electron chi connectivity index (χ0n) is 19.2. The van der Waals surface area contributed by atoms with Crippen LogP contribution in [0, 0.1) is 6.92 Å². The van der Waals surface area contributed by atoms with Crippen LogP contribution in [0.5, 0.6) is 0 Å². The lowest BCUT2D eigenvalue weighted by molar-refractivity contribution is 0.402. The molecule has 3 heterocycles. The highest BCUT2D eigenvalue weighted by Gasteiger charge is 2.18. The first-order valence-electron chi connectivity index (χ1n) is 10.9. The summed E-state index contributed by atoms with van der Waals surface area (Å²) in [5, 5.41) is 8.23. The molecule has 170 valence electrons. The summed E-state index contributed by atoms with van der Waals surface area (Å²) in [6.07, 6.45) is 3.11. The minimum atomic E-state index is -0.292. The van der Waals surface area contributed by atoms with E-state index in [9.17, 15) is 4.79 Å². The van der Waals surface area contributed by atoms with E-state index in [4.69, 9.17) is 4.42 Å². The normalized spacial score (nSPS) is 11.3. The molecule has 1 N–H and O–H groups in total.